The monoisotopic (exact) mass is 851 g/mol. The van der Waals surface area contributed by atoms with Gasteiger partial charge in [-0.1, -0.05) is 90.4 Å². The molecule has 0 atom stereocenters. The Morgan fingerprint density at radius 3 is 2.06 bits per heavy atom. The fourth-order valence-electron chi connectivity index (χ4n) is 7.30. The van der Waals surface area contributed by atoms with Gasteiger partial charge in [0.15, 0.2) is 0 Å². The molecule has 0 saturated carbocycles. The van der Waals surface area contributed by atoms with Crippen molar-refractivity contribution in [2.75, 3.05) is 11.9 Å². The van der Waals surface area contributed by atoms with E-state index < -0.39 is 0 Å². The molecule has 0 N–H and O–H groups in total. The van der Waals surface area contributed by atoms with Crippen molar-refractivity contribution in [3.63, 3.8) is 0 Å². The molecule has 9 aromatic rings. The standard InChI is InChI=1S/C45H30N5O.Pt/c1-47-29-44(31-13-4-2-5-14-31)48(30-47)33-17-12-18-34(25-33)51-35-23-24-38-36-19-8-11-22-41(36)50(42(38)26-35)45-27-43-39(28-46-45)37-20-9-10-21-40(37)49(43)32-15-6-3-7-16-32;/h2-24,27-30H,1H3;/q-3;. The SMILES string of the molecule is CN1C=C(c2ccccc2)N(c2[c-]c(Oc3[c-]c4c(cc3)c3ccccc3n4-c3cc4c(cn3)c3ccccc3n4-c3ccccc3)ccc2)[CH-]1.[Pt]. The maximum absolute atomic E-state index is 6.51. The van der Waals surface area contributed by atoms with Gasteiger partial charge in [-0.05, 0) is 48.5 Å². The molecule has 0 saturated heterocycles. The van der Waals surface area contributed by atoms with Crippen LogP contribution in [0.15, 0.2) is 158 Å². The number of ether oxygens (including phenoxy) is 1. The molecule has 1 aliphatic rings. The van der Waals surface area contributed by atoms with E-state index in [1.54, 1.807) is 0 Å². The van der Waals surface area contributed by atoms with Crippen LogP contribution in [0.25, 0.3) is 60.8 Å². The molecule has 3 aromatic heterocycles. The molecule has 0 radical (unpaired) electrons. The van der Waals surface area contributed by atoms with E-state index in [9.17, 15) is 0 Å². The summed E-state index contributed by atoms with van der Waals surface area (Å²) in [5.41, 5.74) is 8.36. The molecule has 10 rings (SSSR count). The molecule has 0 spiro atoms. The smallest absolute Gasteiger partial charge is 0.137 e. The number of nitrogens with zero attached hydrogens (tertiary/aromatic N) is 5. The van der Waals surface area contributed by atoms with Gasteiger partial charge in [0, 0.05) is 72.5 Å². The fourth-order valence-corrected chi connectivity index (χ4v) is 7.30. The molecular formula is C45H30N5OPt-3. The number of pyridine rings is 1. The van der Waals surface area contributed by atoms with E-state index in [4.69, 9.17) is 9.72 Å². The van der Waals surface area contributed by atoms with Crippen LogP contribution in [-0.2, 0) is 21.1 Å². The number of fused-ring (bicyclic) bond motifs is 6. The Morgan fingerprint density at radius 2 is 1.27 bits per heavy atom. The van der Waals surface area contributed by atoms with E-state index >= 15 is 0 Å². The molecular weight excluding hydrogens is 822 g/mol. The number of hydrogen-bond acceptors (Lipinski definition) is 4. The molecule has 6 aromatic carbocycles. The number of rotatable bonds is 6. The van der Waals surface area contributed by atoms with Gasteiger partial charge in [-0.2, -0.15) is 18.8 Å². The van der Waals surface area contributed by atoms with E-state index in [1.165, 1.54) is 5.39 Å². The average molecular weight is 852 g/mol. The molecule has 6 nitrogen and oxygen atoms in total. The Hall–Kier alpha value is -6.10. The van der Waals surface area contributed by atoms with Crippen LogP contribution >= 0.6 is 0 Å². The summed E-state index contributed by atoms with van der Waals surface area (Å²) < 4.78 is 11.0. The molecule has 1 aliphatic heterocycles. The second-order valence-electron chi connectivity index (χ2n) is 12.7. The van der Waals surface area contributed by atoms with Crippen molar-refractivity contribution in [1.82, 2.24) is 19.0 Å². The van der Waals surface area contributed by atoms with Gasteiger partial charge in [-0.25, -0.2) is 4.98 Å². The van der Waals surface area contributed by atoms with Crippen molar-refractivity contribution < 1.29 is 25.8 Å². The Balaban J connectivity index is 0.00000360. The molecule has 0 amide bonds. The van der Waals surface area contributed by atoms with Crippen molar-refractivity contribution in [2.24, 2.45) is 0 Å². The Morgan fingerprint density at radius 1 is 0.596 bits per heavy atom. The average Bonchev–Trinajstić information content (AvgIpc) is 3.84. The van der Waals surface area contributed by atoms with Crippen LogP contribution in [-0.4, -0.2) is 26.1 Å². The zero-order chi connectivity index (χ0) is 33.9. The van der Waals surface area contributed by atoms with Gasteiger partial charge in [0.1, 0.15) is 5.82 Å². The Labute approximate surface area is 315 Å². The minimum atomic E-state index is 0. The van der Waals surface area contributed by atoms with Crippen molar-refractivity contribution in [3.8, 4) is 23.0 Å². The predicted molar refractivity (Wildman–Crippen MR) is 206 cm³/mol. The minimum absolute atomic E-state index is 0. The fraction of sp³-hybridized carbons (Fsp3) is 0.0222. The summed E-state index contributed by atoms with van der Waals surface area (Å²) in [5.74, 6) is 2.01. The summed E-state index contributed by atoms with van der Waals surface area (Å²) in [6.07, 6.45) is 4.11. The minimum Gasteiger partial charge on any atom is -0.510 e. The van der Waals surface area contributed by atoms with E-state index in [0.29, 0.717) is 11.5 Å². The first-order valence-electron chi connectivity index (χ1n) is 16.9. The summed E-state index contributed by atoms with van der Waals surface area (Å²) in [4.78, 5) is 9.26. The maximum Gasteiger partial charge on any atom is 0.137 e. The number of benzene rings is 6. The summed E-state index contributed by atoms with van der Waals surface area (Å²) in [5, 5.41) is 4.48. The molecule has 254 valence electrons. The maximum atomic E-state index is 6.51. The Kier molecular flexibility index (Phi) is 7.90. The first-order valence-corrected chi connectivity index (χ1v) is 16.9. The van der Waals surface area contributed by atoms with Crippen LogP contribution in [0.3, 0.4) is 0 Å². The number of para-hydroxylation sites is 3. The van der Waals surface area contributed by atoms with Crippen LogP contribution in [0, 0.1) is 18.8 Å². The van der Waals surface area contributed by atoms with E-state index in [2.05, 4.69) is 159 Å². The van der Waals surface area contributed by atoms with Crippen molar-refractivity contribution in [1.29, 1.82) is 0 Å². The third-order valence-electron chi connectivity index (χ3n) is 9.53. The van der Waals surface area contributed by atoms with Gasteiger partial charge >= 0.3 is 0 Å². The molecule has 0 fully saturated rings. The van der Waals surface area contributed by atoms with Crippen LogP contribution < -0.4 is 9.64 Å². The summed E-state index contributed by atoms with van der Waals surface area (Å²) in [6, 6.07) is 57.2. The molecule has 0 aliphatic carbocycles. The number of anilines is 1. The summed E-state index contributed by atoms with van der Waals surface area (Å²) >= 11 is 0. The molecule has 7 heteroatoms. The summed E-state index contributed by atoms with van der Waals surface area (Å²) in [7, 11) is 2.03. The normalized spacial score (nSPS) is 12.9. The predicted octanol–water partition coefficient (Wildman–Crippen LogP) is 10.5. The van der Waals surface area contributed by atoms with Crippen LogP contribution in [0.2, 0.25) is 0 Å². The van der Waals surface area contributed by atoms with Gasteiger partial charge in [0.2, 0.25) is 0 Å². The van der Waals surface area contributed by atoms with Crippen LogP contribution in [0.1, 0.15) is 5.56 Å². The van der Waals surface area contributed by atoms with Crippen LogP contribution in [0.4, 0.5) is 5.69 Å². The van der Waals surface area contributed by atoms with E-state index in [0.717, 1.165) is 66.7 Å². The van der Waals surface area contributed by atoms with E-state index in [-0.39, 0.29) is 21.1 Å². The van der Waals surface area contributed by atoms with Gasteiger partial charge in [-0.3, -0.25) is 0 Å². The second-order valence-corrected chi connectivity index (χ2v) is 12.7. The molecule has 0 bridgehead atoms. The first-order chi connectivity index (χ1) is 25.2. The van der Waals surface area contributed by atoms with Gasteiger partial charge in [0.25, 0.3) is 0 Å². The number of hydrogen-bond donors (Lipinski definition) is 0. The third kappa shape index (κ3) is 5.26. The Bertz CT molecular complexity index is 2790. The largest absolute Gasteiger partial charge is 0.510 e. The quantitative estimate of drug-likeness (QED) is 0.156. The summed E-state index contributed by atoms with van der Waals surface area (Å²) in [6.45, 7) is 2.05. The zero-order valence-corrected chi connectivity index (χ0v) is 30.3. The van der Waals surface area contributed by atoms with Crippen LogP contribution in [0.5, 0.6) is 11.5 Å². The first kappa shape index (κ1) is 31.8. The number of aromatic nitrogens is 3. The topological polar surface area (TPSA) is 38.5 Å². The third-order valence-corrected chi connectivity index (χ3v) is 9.53. The van der Waals surface area contributed by atoms with Crippen molar-refractivity contribution >= 4 is 55.0 Å². The zero-order valence-electron chi connectivity index (χ0n) is 28.0. The van der Waals surface area contributed by atoms with Crippen molar-refractivity contribution in [2.45, 2.75) is 0 Å². The molecule has 4 heterocycles. The van der Waals surface area contributed by atoms with Gasteiger partial charge in [0.05, 0.1) is 11.0 Å². The van der Waals surface area contributed by atoms with E-state index in [1.807, 2.05) is 43.6 Å². The van der Waals surface area contributed by atoms with Crippen molar-refractivity contribution in [3.05, 3.63) is 182 Å². The molecule has 52 heavy (non-hydrogen) atoms. The van der Waals surface area contributed by atoms with Gasteiger partial charge in [-0.15, -0.1) is 41.4 Å². The second kappa shape index (κ2) is 12.9. The molecule has 0 unspecified atom stereocenters. The van der Waals surface area contributed by atoms with Gasteiger partial charge < -0.3 is 23.7 Å².